The number of hydrogen-bond donors (Lipinski definition) is 2. The summed E-state index contributed by atoms with van der Waals surface area (Å²) < 4.78 is 42.5. The molecule has 25 heavy (non-hydrogen) atoms. The first kappa shape index (κ1) is 20.5. The van der Waals surface area contributed by atoms with Gasteiger partial charge in [-0.15, -0.1) is 0 Å². The molecule has 9 heteroatoms. The summed E-state index contributed by atoms with van der Waals surface area (Å²) in [5, 5.41) is 7.95. The Bertz CT molecular complexity index is 799. The minimum Gasteiger partial charge on any atom is -0.492 e. The lowest BCUT2D eigenvalue weighted by Crippen LogP contribution is -2.21. The summed E-state index contributed by atoms with van der Waals surface area (Å²) in [5.41, 5.74) is 7.81. The summed E-state index contributed by atoms with van der Waals surface area (Å²) in [4.78, 5) is 20.4. The fourth-order valence-corrected chi connectivity index (χ4v) is 1.77. The van der Waals surface area contributed by atoms with Crippen LogP contribution in [0.3, 0.4) is 0 Å². The number of rotatable bonds is 4. The van der Waals surface area contributed by atoms with E-state index in [-0.39, 0.29) is 0 Å². The Hall–Kier alpha value is -2.55. The van der Waals surface area contributed by atoms with Crippen LogP contribution in [0.25, 0.3) is 11.0 Å². The van der Waals surface area contributed by atoms with Gasteiger partial charge in [0.2, 0.25) is 0 Å². The topological polar surface area (TPSA) is 103 Å². The molecule has 0 saturated carbocycles. The minimum atomic E-state index is -5.08. The zero-order valence-electron chi connectivity index (χ0n) is 13.6. The zero-order chi connectivity index (χ0) is 19.2. The van der Waals surface area contributed by atoms with E-state index in [1.54, 1.807) is 0 Å². The number of halogens is 3. The van der Waals surface area contributed by atoms with Gasteiger partial charge in [-0.1, -0.05) is 0 Å². The zero-order valence-corrected chi connectivity index (χ0v) is 13.6. The second-order valence-corrected chi connectivity index (χ2v) is 5.16. The molecule has 0 bridgehead atoms. The Morgan fingerprint density at radius 3 is 2.32 bits per heavy atom. The fourth-order valence-electron chi connectivity index (χ4n) is 1.77. The van der Waals surface area contributed by atoms with Crippen molar-refractivity contribution in [2.45, 2.75) is 26.4 Å². The molecule has 2 aromatic rings. The molecule has 1 heterocycles. The Labute approximate surface area is 141 Å². The van der Waals surface area contributed by atoms with Gasteiger partial charge < -0.3 is 20.0 Å². The van der Waals surface area contributed by atoms with Crippen molar-refractivity contribution in [2.75, 3.05) is 13.2 Å². The summed E-state index contributed by atoms with van der Waals surface area (Å²) in [6.45, 7) is 5.07. The quantitative estimate of drug-likeness (QED) is 0.641. The maximum absolute atomic E-state index is 11.5. The smallest absolute Gasteiger partial charge is 0.490 e. The van der Waals surface area contributed by atoms with E-state index in [2.05, 4.69) is 0 Å². The number of ether oxygens (including phenoxy) is 1. The van der Waals surface area contributed by atoms with Crippen molar-refractivity contribution in [3.8, 4) is 5.75 Å². The predicted octanol–water partition coefficient (Wildman–Crippen LogP) is 2.77. The minimum absolute atomic E-state index is 0.395. The number of fused-ring (bicyclic) bond motifs is 1. The normalized spacial score (nSPS) is 11.0. The first-order chi connectivity index (χ1) is 11.6. The largest absolute Gasteiger partial charge is 0.492 e. The van der Waals surface area contributed by atoms with Gasteiger partial charge in [-0.05, 0) is 50.1 Å². The second kappa shape index (κ2) is 8.52. The van der Waals surface area contributed by atoms with Gasteiger partial charge in [-0.2, -0.15) is 13.2 Å². The molecule has 0 saturated heterocycles. The van der Waals surface area contributed by atoms with Crippen molar-refractivity contribution in [3.63, 3.8) is 0 Å². The van der Waals surface area contributed by atoms with Crippen molar-refractivity contribution in [1.29, 1.82) is 0 Å². The number of benzene rings is 1. The van der Waals surface area contributed by atoms with Crippen LogP contribution in [0.15, 0.2) is 27.4 Å². The van der Waals surface area contributed by atoms with E-state index in [1.165, 1.54) is 6.07 Å². The van der Waals surface area contributed by atoms with Gasteiger partial charge in [0.1, 0.15) is 11.3 Å². The molecule has 1 aromatic carbocycles. The highest BCUT2D eigenvalue weighted by Gasteiger charge is 2.38. The van der Waals surface area contributed by atoms with E-state index in [1.807, 2.05) is 26.0 Å². The lowest BCUT2D eigenvalue weighted by molar-refractivity contribution is -0.192. The number of alkyl halides is 3. The van der Waals surface area contributed by atoms with Gasteiger partial charge in [-0.3, -0.25) is 0 Å². The van der Waals surface area contributed by atoms with Gasteiger partial charge in [-0.25, -0.2) is 9.59 Å². The molecule has 0 radical (unpaired) electrons. The van der Waals surface area contributed by atoms with Crippen molar-refractivity contribution in [3.05, 3.63) is 39.7 Å². The summed E-state index contributed by atoms with van der Waals surface area (Å²) in [6.07, 6.45) is -4.33. The van der Waals surface area contributed by atoms with Crippen molar-refractivity contribution >= 4 is 16.9 Å². The third kappa shape index (κ3) is 6.11. The molecule has 0 aliphatic carbocycles. The van der Waals surface area contributed by atoms with E-state index in [9.17, 15) is 18.0 Å². The lowest BCUT2D eigenvalue weighted by Gasteiger charge is -2.09. The van der Waals surface area contributed by atoms with Crippen molar-refractivity contribution < 1.29 is 32.2 Å². The van der Waals surface area contributed by atoms with Gasteiger partial charge in [0.05, 0.1) is 18.1 Å². The highest BCUT2D eigenvalue weighted by atomic mass is 19.4. The predicted molar refractivity (Wildman–Crippen MR) is 84.8 cm³/mol. The fraction of sp³-hybridized carbons (Fsp3) is 0.375. The van der Waals surface area contributed by atoms with Crippen LogP contribution < -0.4 is 16.1 Å². The Morgan fingerprint density at radius 1 is 1.24 bits per heavy atom. The van der Waals surface area contributed by atoms with Gasteiger partial charge in [0.15, 0.2) is 0 Å². The summed E-state index contributed by atoms with van der Waals surface area (Å²) in [7, 11) is 0. The molecule has 0 spiro atoms. The van der Waals surface area contributed by atoms with Crippen LogP contribution in [-0.2, 0) is 4.79 Å². The molecule has 3 N–H and O–H groups in total. The van der Waals surface area contributed by atoms with Crippen LogP contribution in [0.5, 0.6) is 5.75 Å². The van der Waals surface area contributed by atoms with Crippen LogP contribution in [-0.4, -0.2) is 30.4 Å². The molecular formula is C16H18F3NO5. The van der Waals surface area contributed by atoms with Crippen LogP contribution in [0.2, 0.25) is 0 Å². The molecule has 0 aliphatic rings. The molecule has 6 nitrogen and oxygen atoms in total. The average molecular weight is 361 g/mol. The highest BCUT2D eigenvalue weighted by Crippen LogP contribution is 2.26. The van der Waals surface area contributed by atoms with Crippen molar-refractivity contribution in [1.82, 2.24) is 0 Å². The summed E-state index contributed by atoms with van der Waals surface area (Å²) >= 11 is 0. The van der Waals surface area contributed by atoms with E-state index < -0.39 is 17.8 Å². The molecular weight excluding hydrogens is 343 g/mol. The molecule has 0 amide bonds. The maximum atomic E-state index is 11.5. The molecule has 0 unspecified atom stereocenters. The standard InChI is InChI=1S/C14H17NO3.C2HF3O2/c1-9-6-11-12(17-5-3-4-15)8-14(16)18-13(11)7-10(9)2;3-2(4,5)1(6)7/h6-8H,3-5,15H2,1-2H3;(H,6,7). The molecule has 2 rings (SSSR count). The highest BCUT2D eigenvalue weighted by molar-refractivity contribution is 5.84. The first-order valence-electron chi connectivity index (χ1n) is 7.24. The number of aryl methyl sites for hydroxylation is 2. The van der Waals surface area contributed by atoms with Crippen LogP contribution in [0.1, 0.15) is 17.5 Å². The van der Waals surface area contributed by atoms with E-state index in [0.717, 1.165) is 22.9 Å². The summed E-state index contributed by atoms with van der Waals surface area (Å²) in [5.74, 6) is -2.19. The molecule has 0 atom stereocenters. The maximum Gasteiger partial charge on any atom is 0.490 e. The van der Waals surface area contributed by atoms with E-state index >= 15 is 0 Å². The number of aliphatic carboxylic acids is 1. The number of carboxylic acids is 1. The van der Waals surface area contributed by atoms with Crippen LogP contribution >= 0.6 is 0 Å². The van der Waals surface area contributed by atoms with Crippen molar-refractivity contribution in [2.24, 2.45) is 5.73 Å². The lowest BCUT2D eigenvalue weighted by atomic mass is 10.1. The third-order valence-corrected chi connectivity index (χ3v) is 3.17. The Balaban J connectivity index is 0.000000381. The third-order valence-electron chi connectivity index (χ3n) is 3.17. The monoisotopic (exact) mass is 361 g/mol. The number of hydrogen-bond acceptors (Lipinski definition) is 5. The number of nitrogens with two attached hydrogens (primary N) is 1. The summed E-state index contributed by atoms with van der Waals surface area (Å²) in [6, 6.07) is 5.22. The Morgan fingerprint density at radius 2 is 1.80 bits per heavy atom. The molecule has 138 valence electrons. The first-order valence-corrected chi connectivity index (χ1v) is 7.24. The van der Waals surface area contributed by atoms with Crippen LogP contribution in [0, 0.1) is 13.8 Å². The van der Waals surface area contributed by atoms with Gasteiger partial charge >= 0.3 is 17.8 Å². The molecule has 0 aliphatic heterocycles. The number of carbonyl (C=O) groups is 1. The van der Waals surface area contributed by atoms with Crippen LogP contribution in [0.4, 0.5) is 13.2 Å². The number of carboxylic acid groups (broad SMARTS) is 1. The van der Waals surface area contributed by atoms with E-state index in [4.69, 9.17) is 24.8 Å². The Kier molecular flexibility index (Phi) is 6.98. The van der Waals surface area contributed by atoms with E-state index in [0.29, 0.717) is 24.5 Å². The SMILES string of the molecule is Cc1cc2oc(=O)cc(OCCCN)c2cc1C.O=C(O)C(F)(F)F. The van der Waals surface area contributed by atoms with Gasteiger partial charge in [0, 0.05) is 0 Å². The average Bonchev–Trinajstić information content (AvgIpc) is 2.49. The second-order valence-electron chi connectivity index (χ2n) is 5.16. The molecule has 0 fully saturated rings. The van der Waals surface area contributed by atoms with Gasteiger partial charge in [0.25, 0.3) is 0 Å². The molecule has 1 aromatic heterocycles.